The summed E-state index contributed by atoms with van der Waals surface area (Å²) in [6, 6.07) is 6.85. The molecular formula is C17H16N2O4. The van der Waals surface area contributed by atoms with Crippen molar-refractivity contribution in [2.24, 2.45) is 0 Å². The highest BCUT2D eigenvalue weighted by molar-refractivity contribution is 6.35. The number of H-pyrrole nitrogens is 1. The van der Waals surface area contributed by atoms with Crippen LogP contribution in [-0.4, -0.2) is 28.6 Å². The van der Waals surface area contributed by atoms with Crippen LogP contribution >= 0.6 is 0 Å². The number of hydrogen-bond acceptors (Lipinski definition) is 4. The number of aryl methyl sites for hydroxylation is 2. The molecule has 23 heavy (non-hydrogen) atoms. The van der Waals surface area contributed by atoms with Crippen molar-refractivity contribution in [3.63, 3.8) is 0 Å². The van der Waals surface area contributed by atoms with Gasteiger partial charge in [0, 0.05) is 22.6 Å². The van der Waals surface area contributed by atoms with Crippen LogP contribution in [0.25, 0.3) is 11.6 Å². The Morgan fingerprint density at radius 1 is 1.30 bits per heavy atom. The molecule has 0 bridgehead atoms. The first-order valence-corrected chi connectivity index (χ1v) is 7.13. The largest absolute Gasteiger partial charge is 0.425 e. The van der Waals surface area contributed by atoms with Gasteiger partial charge in [0.1, 0.15) is 12.4 Å². The van der Waals surface area contributed by atoms with Crippen molar-refractivity contribution in [1.29, 1.82) is 0 Å². The molecule has 1 aliphatic rings. The van der Waals surface area contributed by atoms with Crippen LogP contribution in [0, 0.1) is 13.8 Å². The van der Waals surface area contributed by atoms with Gasteiger partial charge in [-0.1, -0.05) is 0 Å². The number of aliphatic hydroxyl groups is 1. The van der Waals surface area contributed by atoms with E-state index >= 15 is 0 Å². The molecule has 0 saturated heterocycles. The molecule has 1 aliphatic heterocycles. The highest BCUT2D eigenvalue weighted by atomic mass is 16.5. The summed E-state index contributed by atoms with van der Waals surface area (Å²) in [6.45, 7) is 3.21. The number of esters is 1. The fraction of sp³-hybridized carbons (Fsp3) is 0.176. The monoisotopic (exact) mass is 312 g/mol. The zero-order valence-electron chi connectivity index (χ0n) is 12.8. The predicted octanol–water partition coefficient (Wildman–Crippen LogP) is 2.02. The molecule has 0 atom stereocenters. The molecule has 118 valence electrons. The standard InChI is InChI=1S/C17H16N2O4/c1-9-5-10(2)18-15(9)7-13-12-6-11(23-16(21)8-20)3-4-14(12)19-17(13)22/h3-7,18,20H,8H2,1-2H3,(H,19,22). The smallest absolute Gasteiger partial charge is 0.337 e. The zero-order chi connectivity index (χ0) is 16.6. The number of carbonyl (C=O) groups excluding carboxylic acids is 2. The summed E-state index contributed by atoms with van der Waals surface area (Å²) in [4.78, 5) is 26.6. The number of carbonyl (C=O) groups is 2. The Bertz CT molecular complexity index is 833. The molecule has 0 spiro atoms. The van der Waals surface area contributed by atoms with E-state index in [1.807, 2.05) is 19.9 Å². The minimum Gasteiger partial charge on any atom is -0.425 e. The van der Waals surface area contributed by atoms with Crippen molar-refractivity contribution in [3.05, 3.63) is 46.8 Å². The Morgan fingerprint density at radius 3 is 2.74 bits per heavy atom. The average molecular weight is 312 g/mol. The van der Waals surface area contributed by atoms with Crippen LogP contribution in [0.1, 0.15) is 22.5 Å². The molecule has 1 aromatic carbocycles. The second-order valence-corrected chi connectivity index (χ2v) is 5.40. The Balaban J connectivity index is 2.02. The average Bonchev–Trinajstić information content (AvgIpc) is 2.99. The number of aliphatic hydroxyl groups excluding tert-OH is 1. The Kier molecular flexibility index (Phi) is 3.75. The van der Waals surface area contributed by atoms with Gasteiger partial charge in [0.15, 0.2) is 0 Å². The molecule has 1 amide bonds. The van der Waals surface area contributed by atoms with E-state index in [9.17, 15) is 9.59 Å². The van der Waals surface area contributed by atoms with Crippen LogP contribution < -0.4 is 10.1 Å². The SMILES string of the molecule is Cc1cc(C)c(C=C2C(=O)Nc3ccc(OC(=O)CO)cc32)[nH]1. The number of fused-ring (bicyclic) bond motifs is 1. The van der Waals surface area contributed by atoms with Crippen LogP contribution in [0.3, 0.4) is 0 Å². The lowest BCUT2D eigenvalue weighted by molar-refractivity contribution is -0.137. The van der Waals surface area contributed by atoms with Crippen molar-refractivity contribution < 1.29 is 19.4 Å². The molecule has 1 aromatic heterocycles. The number of amides is 1. The molecule has 0 fully saturated rings. The van der Waals surface area contributed by atoms with Gasteiger partial charge in [-0.2, -0.15) is 0 Å². The van der Waals surface area contributed by atoms with Crippen LogP contribution in [0.5, 0.6) is 5.75 Å². The van der Waals surface area contributed by atoms with Crippen molar-refractivity contribution >= 4 is 29.2 Å². The predicted molar refractivity (Wildman–Crippen MR) is 85.9 cm³/mol. The van der Waals surface area contributed by atoms with E-state index in [1.54, 1.807) is 24.3 Å². The van der Waals surface area contributed by atoms with E-state index in [1.165, 1.54) is 0 Å². The fourth-order valence-corrected chi connectivity index (χ4v) is 2.58. The van der Waals surface area contributed by atoms with Gasteiger partial charge in [-0.05, 0) is 49.8 Å². The fourth-order valence-electron chi connectivity index (χ4n) is 2.58. The quantitative estimate of drug-likeness (QED) is 0.459. The maximum atomic E-state index is 12.2. The van der Waals surface area contributed by atoms with E-state index in [4.69, 9.17) is 9.84 Å². The summed E-state index contributed by atoms with van der Waals surface area (Å²) in [5.41, 5.74) is 4.72. The van der Waals surface area contributed by atoms with E-state index in [-0.39, 0.29) is 11.7 Å². The minimum atomic E-state index is -0.747. The third-order valence-corrected chi connectivity index (χ3v) is 3.61. The topological polar surface area (TPSA) is 91.4 Å². The molecule has 2 aromatic rings. The number of anilines is 1. The number of aromatic nitrogens is 1. The van der Waals surface area contributed by atoms with Crippen LogP contribution in [0.2, 0.25) is 0 Å². The lowest BCUT2D eigenvalue weighted by Crippen LogP contribution is -2.12. The first kappa shape index (κ1) is 15.1. The lowest BCUT2D eigenvalue weighted by atomic mass is 10.0. The Labute approximate surface area is 132 Å². The Hall–Kier alpha value is -2.86. The number of benzene rings is 1. The number of rotatable bonds is 3. The van der Waals surface area contributed by atoms with E-state index in [2.05, 4.69) is 10.3 Å². The molecule has 0 radical (unpaired) electrons. The van der Waals surface area contributed by atoms with Gasteiger partial charge in [0.05, 0.1) is 5.57 Å². The molecule has 6 heteroatoms. The first-order chi connectivity index (χ1) is 11.0. The molecular weight excluding hydrogens is 296 g/mol. The van der Waals surface area contributed by atoms with Crippen LogP contribution in [0.4, 0.5) is 5.69 Å². The van der Waals surface area contributed by atoms with Crippen LogP contribution in [0.15, 0.2) is 24.3 Å². The van der Waals surface area contributed by atoms with E-state index < -0.39 is 12.6 Å². The van der Waals surface area contributed by atoms with E-state index in [0.717, 1.165) is 17.0 Å². The minimum absolute atomic E-state index is 0.211. The highest BCUT2D eigenvalue weighted by Gasteiger charge is 2.25. The van der Waals surface area contributed by atoms with E-state index in [0.29, 0.717) is 16.8 Å². The summed E-state index contributed by atoms with van der Waals surface area (Å²) >= 11 is 0. The summed E-state index contributed by atoms with van der Waals surface area (Å²) in [6.07, 6.45) is 1.78. The second kappa shape index (κ2) is 5.73. The maximum Gasteiger partial charge on any atom is 0.337 e. The molecule has 3 N–H and O–H groups in total. The summed E-state index contributed by atoms with van der Waals surface area (Å²) < 4.78 is 4.99. The van der Waals surface area contributed by atoms with Gasteiger partial charge in [0.2, 0.25) is 0 Å². The summed E-state index contributed by atoms with van der Waals surface area (Å²) in [7, 11) is 0. The maximum absolute atomic E-state index is 12.2. The second-order valence-electron chi connectivity index (χ2n) is 5.40. The van der Waals surface area contributed by atoms with Crippen molar-refractivity contribution in [3.8, 4) is 5.75 Å². The highest BCUT2D eigenvalue weighted by Crippen LogP contribution is 2.36. The molecule has 6 nitrogen and oxygen atoms in total. The number of nitrogens with one attached hydrogen (secondary N) is 2. The summed E-state index contributed by atoms with van der Waals surface area (Å²) in [5.74, 6) is -0.675. The van der Waals surface area contributed by atoms with Crippen molar-refractivity contribution in [2.75, 3.05) is 11.9 Å². The van der Waals surface area contributed by atoms with Gasteiger partial charge in [-0.3, -0.25) is 4.79 Å². The van der Waals surface area contributed by atoms with Gasteiger partial charge >= 0.3 is 5.97 Å². The normalized spacial score (nSPS) is 14.7. The number of aromatic amines is 1. The molecule has 3 rings (SSSR count). The van der Waals surface area contributed by atoms with Gasteiger partial charge in [-0.25, -0.2) is 4.79 Å². The van der Waals surface area contributed by atoms with Gasteiger partial charge in [-0.15, -0.1) is 0 Å². The number of hydrogen-bond donors (Lipinski definition) is 3. The van der Waals surface area contributed by atoms with Gasteiger partial charge < -0.3 is 20.1 Å². The summed E-state index contributed by atoms with van der Waals surface area (Å²) in [5, 5.41) is 11.5. The van der Waals surface area contributed by atoms with Crippen molar-refractivity contribution in [1.82, 2.24) is 4.98 Å². The molecule has 2 heterocycles. The first-order valence-electron chi connectivity index (χ1n) is 7.13. The lowest BCUT2D eigenvalue weighted by Gasteiger charge is -2.05. The molecule has 0 unspecified atom stereocenters. The molecule has 0 aliphatic carbocycles. The third kappa shape index (κ3) is 2.89. The molecule has 0 saturated carbocycles. The van der Waals surface area contributed by atoms with Crippen LogP contribution in [-0.2, 0) is 9.59 Å². The number of ether oxygens (including phenoxy) is 1. The van der Waals surface area contributed by atoms with Gasteiger partial charge in [0.25, 0.3) is 5.91 Å². The Morgan fingerprint density at radius 2 is 2.09 bits per heavy atom. The third-order valence-electron chi connectivity index (χ3n) is 3.61. The van der Waals surface area contributed by atoms with Crippen molar-refractivity contribution in [2.45, 2.75) is 13.8 Å². The zero-order valence-corrected chi connectivity index (χ0v) is 12.8.